The van der Waals surface area contributed by atoms with E-state index < -0.39 is 5.97 Å². The van der Waals surface area contributed by atoms with Crippen LogP contribution in [0.2, 0.25) is 0 Å². The van der Waals surface area contributed by atoms with E-state index in [1.807, 2.05) is 6.92 Å². The maximum Gasteiger partial charge on any atom is 0.328 e. The summed E-state index contributed by atoms with van der Waals surface area (Å²) in [6, 6.07) is 7.00. The van der Waals surface area contributed by atoms with Crippen molar-refractivity contribution >= 4 is 18.0 Å². The second kappa shape index (κ2) is 8.25. The second-order valence-electron chi connectivity index (χ2n) is 5.42. The first-order valence-corrected chi connectivity index (χ1v) is 7.24. The maximum absolute atomic E-state index is 12.1. The molecule has 1 amide bonds. The number of benzene rings is 1. The number of hydrogen-bond donors (Lipinski definition) is 2. The van der Waals surface area contributed by atoms with Crippen LogP contribution in [0.1, 0.15) is 49.5 Å². The van der Waals surface area contributed by atoms with Gasteiger partial charge in [0.15, 0.2) is 0 Å². The van der Waals surface area contributed by atoms with E-state index in [1.165, 1.54) is 6.08 Å². The number of hydrogen-bond acceptors (Lipinski definition) is 2. The Balaban J connectivity index is 2.61. The lowest BCUT2D eigenvalue weighted by Crippen LogP contribution is -2.33. The van der Waals surface area contributed by atoms with E-state index in [9.17, 15) is 9.59 Å². The molecule has 0 spiro atoms. The van der Waals surface area contributed by atoms with Crippen LogP contribution in [-0.2, 0) is 4.79 Å². The number of carbonyl (C=O) groups is 2. The van der Waals surface area contributed by atoms with Crippen LogP contribution in [0.4, 0.5) is 0 Å². The van der Waals surface area contributed by atoms with Gasteiger partial charge in [0.05, 0.1) is 0 Å². The molecule has 1 aromatic rings. The van der Waals surface area contributed by atoms with Crippen molar-refractivity contribution in [2.75, 3.05) is 0 Å². The first kappa shape index (κ1) is 17.0. The number of carboxylic acid groups (broad SMARTS) is 1. The van der Waals surface area contributed by atoms with E-state index in [4.69, 9.17) is 5.11 Å². The molecule has 0 saturated heterocycles. The average molecular weight is 289 g/mol. The summed E-state index contributed by atoms with van der Waals surface area (Å²) in [6.45, 7) is 6.32. The monoisotopic (exact) mass is 289 g/mol. The van der Waals surface area contributed by atoms with Crippen molar-refractivity contribution < 1.29 is 14.7 Å². The lowest BCUT2D eigenvalue weighted by Gasteiger charge is -2.17. The zero-order chi connectivity index (χ0) is 15.8. The van der Waals surface area contributed by atoms with Crippen molar-refractivity contribution in [1.29, 1.82) is 0 Å². The third-order valence-corrected chi connectivity index (χ3v) is 3.42. The molecule has 0 aromatic heterocycles. The van der Waals surface area contributed by atoms with Gasteiger partial charge >= 0.3 is 5.97 Å². The molecule has 0 bridgehead atoms. The number of aliphatic carboxylic acids is 1. The van der Waals surface area contributed by atoms with E-state index in [0.717, 1.165) is 24.5 Å². The number of amides is 1. The van der Waals surface area contributed by atoms with Gasteiger partial charge in [-0.2, -0.15) is 0 Å². The average Bonchev–Trinajstić information content (AvgIpc) is 2.45. The van der Waals surface area contributed by atoms with Crippen LogP contribution in [0.25, 0.3) is 6.08 Å². The van der Waals surface area contributed by atoms with Gasteiger partial charge in [0.25, 0.3) is 5.91 Å². The Bertz CT molecular complexity index is 505. The molecule has 0 fully saturated rings. The Kier molecular flexibility index (Phi) is 6.66. The summed E-state index contributed by atoms with van der Waals surface area (Å²) >= 11 is 0. The minimum Gasteiger partial charge on any atom is -0.478 e. The fourth-order valence-electron chi connectivity index (χ4n) is 2.05. The van der Waals surface area contributed by atoms with E-state index >= 15 is 0 Å². The highest BCUT2D eigenvalue weighted by atomic mass is 16.4. The van der Waals surface area contributed by atoms with Gasteiger partial charge in [0, 0.05) is 17.7 Å². The van der Waals surface area contributed by atoms with Crippen LogP contribution in [-0.4, -0.2) is 23.0 Å². The van der Waals surface area contributed by atoms with E-state index in [-0.39, 0.29) is 11.9 Å². The molecule has 2 unspecified atom stereocenters. The smallest absolute Gasteiger partial charge is 0.328 e. The van der Waals surface area contributed by atoms with Crippen LogP contribution in [0.15, 0.2) is 30.3 Å². The number of nitrogens with one attached hydrogen (secondary N) is 1. The summed E-state index contributed by atoms with van der Waals surface area (Å²) in [5.74, 6) is -0.501. The molecule has 2 N–H and O–H groups in total. The van der Waals surface area contributed by atoms with Gasteiger partial charge in [-0.1, -0.05) is 32.4 Å². The molecule has 2 atom stereocenters. The van der Waals surface area contributed by atoms with Gasteiger partial charge in [-0.3, -0.25) is 4.79 Å². The van der Waals surface area contributed by atoms with Gasteiger partial charge in [-0.05, 0) is 43.0 Å². The minimum absolute atomic E-state index is 0.0976. The molecule has 4 nitrogen and oxygen atoms in total. The summed E-state index contributed by atoms with van der Waals surface area (Å²) in [4.78, 5) is 22.5. The highest BCUT2D eigenvalue weighted by Crippen LogP contribution is 2.11. The molecule has 1 rings (SSSR count). The summed E-state index contributed by atoms with van der Waals surface area (Å²) in [6.07, 6.45) is 4.63. The maximum atomic E-state index is 12.1. The Labute approximate surface area is 125 Å². The fraction of sp³-hybridized carbons (Fsp3) is 0.412. The Morgan fingerprint density at radius 2 is 1.86 bits per heavy atom. The normalized spacial score (nSPS) is 13.9. The van der Waals surface area contributed by atoms with Crippen LogP contribution in [0.3, 0.4) is 0 Å². The SMILES string of the molecule is CCC(C)CC(C)NC(=O)c1ccc(C=CC(=O)O)cc1. The predicted octanol–water partition coefficient (Wildman–Crippen LogP) is 3.34. The third kappa shape index (κ3) is 6.25. The van der Waals surface area contributed by atoms with Gasteiger partial charge < -0.3 is 10.4 Å². The highest BCUT2D eigenvalue weighted by Gasteiger charge is 2.11. The van der Waals surface area contributed by atoms with Gasteiger partial charge in [-0.25, -0.2) is 4.79 Å². The molecule has 0 aliphatic heterocycles. The van der Waals surface area contributed by atoms with E-state index in [0.29, 0.717) is 11.5 Å². The minimum atomic E-state index is -0.990. The zero-order valence-electron chi connectivity index (χ0n) is 12.8. The topological polar surface area (TPSA) is 66.4 Å². The molecule has 0 radical (unpaired) electrons. The molecule has 1 aromatic carbocycles. The molecule has 114 valence electrons. The standard InChI is InChI=1S/C17H23NO3/c1-4-12(2)11-13(3)18-17(21)15-8-5-14(6-9-15)7-10-16(19)20/h5-10,12-13H,4,11H2,1-3H3,(H,18,21)(H,19,20). The molecule has 4 heteroatoms. The highest BCUT2D eigenvalue weighted by molar-refractivity contribution is 5.94. The lowest BCUT2D eigenvalue weighted by atomic mass is 10.00. The Morgan fingerprint density at radius 3 is 2.38 bits per heavy atom. The number of carbonyl (C=O) groups excluding carboxylic acids is 1. The molecule has 0 aliphatic carbocycles. The first-order valence-electron chi connectivity index (χ1n) is 7.24. The molecule has 21 heavy (non-hydrogen) atoms. The summed E-state index contributed by atoms with van der Waals surface area (Å²) in [7, 11) is 0. The largest absolute Gasteiger partial charge is 0.478 e. The molecule has 0 heterocycles. The van der Waals surface area contributed by atoms with E-state index in [1.54, 1.807) is 24.3 Å². The Hall–Kier alpha value is -2.10. The van der Waals surface area contributed by atoms with E-state index in [2.05, 4.69) is 19.2 Å². The number of carboxylic acids is 1. The van der Waals surface area contributed by atoms with Crippen LogP contribution in [0.5, 0.6) is 0 Å². The molecule has 0 saturated carbocycles. The lowest BCUT2D eigenvalue weighted by molar-refractivity contribution is -0.131. The van der Waals surface area contributed by atoms with Crippen LogP contribution >= 0.6 is 0 Å². The number of rotatable bonds is 7. The van der Waals surface area contributed by atoms with Crippen LogP contribution in [0, 0.1) is 5.92 Å². The van der Waals surface area contributed by atoms with Crippen molar-refractivity contribution in [2.45, 2.75) is 39.7 Å². The quantitative estimate of drug-likeness (QED) is 0.757. The van der Waals surface area contributed by atoms with Crippen molar-refractivity contribution in [3.8, 4) is 0 Å². The second-order valence-corrected chi connectivity index (χ2v) is 5.42. The van der Waals surface area contributed by atoms with Gasteiger partial charge in [0.1, 0.15) is 0 Å². The fourth-order valence-corrected chi connectivity index (χ4v) is 2.05. The van der Waals surface area contributed by atoms with Crippen LogP contribution < -0.4 is 5.32 Å². The summed E-state index contributed by atoms with van der Waals surface area (Å²) in [5.41, 5.74) is 1.33. The molecular formula is C17H23NO3. The van der Waals surface area contributed by atoms with Crippen molar-refractivity contribution in [2.24, 2.45) is 5.92 Å². The summed E-state index contributed by atoms with van der Waals surface area (Å²) in [5, 5.41) is 11.5. The predicted molar refractivity (Wildman–Crippen MR) is 84.1 cm³/mol. The Morgan fingerprint density at radius 1 is 1.24 bits per heavy atom. The van der Waals surface area contributed by atoms with Gasteiger partial charge in [0.2, 0.25) is 0 Å². The van der Waals surface area contributed by atoms with Gasteiger partial charge in [-0.15, -0.1) is 0 Å². The zero-order valence-corrected chi connectivity index (χ0v) is 12.8. The first-order chi connectivity index (χ1) is 9.92. The van der Waals surface area contributed by atoms with Crippen molar-refractivity contribution in [3.63, 3.8) is 0 Å². The summed E-state index contributed by atoms with van der Waals surface area (Å²) < 4.78 is 0. The molecule has 0 aliphatic rings. The van der Waals surface area contributed by atoms with Crippen molar-refractivity contribution in [3.05, 3.63) is 41.5 Å². The molecular weight excluding hydrogens is 266 g/mol. The third-order valence-electron chi connectivity index (χ3n) is 3.42. The van der Waals surface area contributed by atoms with Crippen molar-refractivity contribution in [1.82, 2.24) is 5.32 Å².